The smallest absolute Gasteiger partial charge is 0.203 e. The van der Waals surface area contributed by atoms with Gasteiger partial charge in [-0.1, -0.05) is 22.0 Å². The van der Waals surface area contributed by atoms with Crippen molar-refractivity contribution in [3.63, 3.8) is 0 Å². The van der Waals surface area contributed by atoms with Crippen LogP contribution in [0.4, 0.5) is 0 Å². The van der Waals surface area contributed by atoms with E-state index in [1.165, 1.54) is 0 Å². The molecule has 0 bridgehead atoms. The number of rotatable bonds is 6. The Labute approximate surface area is 122 Å². The third-order valence-electron chi connectivity index (χ3n) is 3.19. The molecule has 0 aliphatic heterocycles. The first-order chi connectivity index (χ1) is 9.21. The molecule has 4 nitrogen and oxygen atoms in total. The Bertz CT molecular complexity index is 402. The number of para-hydroxylation sites is 1. The summed E-state index contributed by atoms with van der Waals surface area (Å²) >= 11 is 3.59. The topological polar surface area (TPSA) is 36.9 Å². The molecular formula is C14H19BrO4. The summed E-state index contributed by atoms with van der Waals surface area (Å²) in [5, 5.41) is 0. The molecule has 3 unspecified atom stereocenters. The van der Waals surface area contributed by atoms with Gasteiger partial charge in [0.2, 0.25) is 5.75 Å². The van der Waals surface area contributed by atoms with Crippen molar-refractivity contribution in [1.29, 1.82) is 0 Å². The standard InChI is InChI=1S/C14H19BrO4/c1-4-18-13-9(15)8-12(13)19-14-10(16-2)6-5-7-11(14)17-3/h5-7,9,12-13H,4,8H2,1-3H3. The largest absolute Gasteiger partial charge is 0.493 e. The first-order valence-electron chi connectivity index (χ1n) is 6.34. The molecule has 1 aromatic rings. The monoisotopic (exact) mass is 330 g/mol. The minimum Gasteiger partial charge on any atom is -0.493 e. The zero-order valence-electron chi connectivity index (χ0n) is 11.4. The fourth-order valence-corrected chi connectivity index (χ4v) is 2.99. The van der Waals surface area contributed by atoms with Gasteiger partial charge in [0.25, 0.3) is 0 Å². The minimum absolute atomic E-state index is 0.0227. The van der Waals surface area contributed by atoms with Crippen LogP contribution in [0.2, 0.25) is 0 Å². The molecule has 0 aromatic heterocycles. The summed E-state index contributed by atoms with van der Waals surface area (Å²) in [6, 6.07) is 5.59. The van der Waals surface area contributed by atoms with Crippen LogP contribution < -0.4 is 14.2 Å². The Morgan fingerprint density at radius 3 is 2.32 bits per heavy atom. The predicted molar refractivity (Wildman–Crippen MR) is 76.7 cm³/mol. The van der Waals surface area contributed by atoms with Crippen LogP contribution in [0.5, 0.6) is 17.2 Å². The van der Waals surface area contributed by atoms with E-state index in [9.17, 15) is 0 Å². The third kappa shape index (κ3) is 2.98. The Morgan fingerprint density at radius 1 is 1.21 bits per heavy atom. The van der Waals surface area contributed by atoms with Crippen molar-refractivity contribution < 1.29 is 18.9 Å². The molecular weight excluding hydrogens is 312 g/mol. The molecule has 3 atom stereocenters. The fraction of sp³-hybridized carbons (Fsp3) is 0.571. The van der Waals surface area contributed by atoms with Crippen molar-refractivity contribution >= 4 is 15.9 Å². The van der Waals surface area contributed by atoms with Gasteiger partial charge in [0.05, 0.1) is 14.2 Å². The lowest BCUT2D eigenvalue weighted by molar-refractivity contribution is -0.0735. The number of alkyl halides is 1. The van der Waals surface area contributed by atoms with Gasteiger partial charge in [-0.05, 0) is 19.1 Å². The van der Waals surface area contributed by atoms with E-state index < -0.39 is 0 Å². The maximum atomic E-state index is 6.02. The SMILES string of the molecule is CCOC1C(Br)CC1Oc1c(OC)cccc1OC. The second-order valence-corrected chi connectivity index (χ2v) is 5.50. The molecule has 1 fully saturated rings. The molecule has 0 spiro atoms. The zero-order valence-corrected chi connectivity index (χ0v) is 13.0. The van der Waals surface area contributed by atoms with Crippen LogP contribution in [-0.4, -0.2) is 37.9 Å². The molecule has 19 heavy (non-hydrogen) atoms. The maximum absolute atomic E-state index is 6.02. The Balaban J connectivity index is 2.14. The third-order valence-corrected chi connectivity index (χ3v) is 4.09. The maximum Gasteiger partial charge on any atom is 0.203 e. The number of hydrogen-bond donors (Lipinski definition) is 0. The summed E-state index contributed by atoms with van der Waals surface area (Å²) in [4.78, 5) is 0.346. The molecule has 0 heterocycles. The van der Waals surface area contributed by atoms with Crippen LogP contribution in [0.3, 0.4) is 0 Å². The molecule has 1 aliphatic carbocycles. The minimum atomic E-state index is 0.0227. The summed E-state index contributed by atoms with van der Waals surface area (Å²) in [6.07, 6.45) is 1.00. The average Bonchev–Trinajstić information content (AvgIpc) is 2.44. The molecule has 5 heteroatoms. The molecule has 1 aliphatic rings. The summed E-state index contributed by atoms with van der Waals surface area (Å²) in [6.45, 7) is 2.66. The first-order valence-corrected chi connectivity index (χ1v) is 7.26. The molecule has 0 N–H and O–H groups in total. The molecule has 0 radical (unpaired) electrons. The van der Waals surface area contributed by atoms with Crippen LogP contribution in [0.1, 0.15) is 13.3 Å². The van der Waals surface area contributed by atoms with E-state index in [4.69, 9.17) is 18.9 Å². The lowest BCUT2D eigenvalue weighted by Gasteiger charge is -2.41. The van der Waals surface area contributed by atoms with Gasteiger partial charge in [-0.2, -0.15) is 0 Å². The van der Waals surface area contributed by atoms with Gasteiger partial charge in [0.1, 0.15) is 12.2 Å². The van der Waals surface area contributed by atoms with E-state index in [2.05, 4.69) is 15.9 Å². The van der Waals surface area contributed by atoms with Crippen LogP contribution in [0.15, 0.2) is 18.2 Å². The number of ether oxygens (including phenoxy) is 4. The van der Waals surface area contributed by atoms with Gasteiger partial charge in [-0.15, -0.1) is 0 Å². The number of methoxy groups -OCH3 is 2. The average molecular weight is 331 g/mol. The summed E-state index contributed by atoms with van der Waals surface area (Å²) in [5.41, 5.74) is 0. The summed E-state index contributed by atoms with van der Waals surface area (Å²) in [7, 11) is 3.24. The molecule has 0 amide bonds. The highest BCUT2D eigenvalue weighted by Crippen LogP contribution is 2.41. The van der Waals surface area contributed by atoms with Gasteiger partial charge >= 0.3 is 0 Å². The van der Waals surface area contributed by atoms with E-state index in [0.29, 0.717) is 28.7 Å². The quantitative estimate of drug-likeness (QED) is 0.751. The number of hydrogen-bond acceptors (Lipinski definition) is 4. The van der Waals surface area contributed by atoms with E-state index in [0.717, 1.165) is 6.42 Å². The van der Waals surface area contributed by atoms with Crippen LogP contribution >= 0.6 is 15.9 Å². The van der Waals surface area contributed by atoms with Crippen molar-refractivity contribution in [3.05, 3.63) is 18.2 Å². The van der Waals surface area contributed by atoms with Gasteiger partial charge in [0, 0.05) is 17.9 Å². The van der Waals surface area contributed by atoms with E-state index in [1.807, 2.05) is 25.1 Å². The van der Waals surface area contributed by atoms with Crippen LogP contribution in [0, 0.1) is 0 Å². The second-order valence-electron chi connectivity index (χ2n) is 4.32. The Morgan fingerprint density at radius 2 is 1.84 bits per heavy atom. The first kappa shape index (κ1) is 14.5. The van der Waals surface area contributed by atoms with Gasteiger partial charge in [-0.3, -0.25) is 0 Å². The zero-order chi connectivity index (χ0) is 13.8. The highest BCUT2D eigenvalue weighted by molar-refractivity contribution is 9.09. The van der Waals surface area contributed by atoms with Gasteiger partial charge < -0.3 is 18.9 Å². The van der Waals surface area contributed by atoms with Crippen LogP contribution in [0.25, 0.3) is 0 Å². The van der Waals surface area contributed by atoms with Crippen molar-refractivity contribution in [2.24, 2.45) is 0 Å². The van der Waals surface area contributed by atoms with Crippen LogP contribution in [-0.2, 0) is 4.74 Å². The lowest BCUT2D eigenvalue weighted by atomic mass is 9.91. The Kier molecular flexibility index (Phi) is 4.93. The highest BCUT2D eigenvalue weighted by atomic mass is 79.9. The van der Waals surface area contributed by atoms with Crippen molar-refractivity contribution in [2.75, 3.05) is 20.8 Å². The van der Waals surface area contributed by atoms with Gasteiger partial charge in [-0.25, -0.2) is 0 Å². The van der Waals surface area contributed by atoms with Crippen molar-refractivity contribution in [1.82, 2.24) is 0 Å². The number of halogens is 1. The van der Waals surface area contributed by atoms with Crippen molar-refractivity contribution in [3.8, 4) is 17.2 Å². The number of benzene rings is 1. The van der Waals surface area contributed by atoms with Crippen molar-refractivity contribution in [2.45, 2.75) is 30.4 Å². The predicted octanol–water partition coefficient (Wildman–Crippen LogP) is 3.02. The fourth-order valence-electron chi connectivity index (χ4n) is 2.13. The van der Waals surface area contributed by atoms with Gasteiger partial charge in [0.15, 0.2) is 11.5 Å². The molecule has 0 saturated heterocycles. The summed E-state index contributed by atoms with van der Waals surface area (Å²) < 4.78 is 22.3. The molecule has 2 rings (SSSR count). The molecule has 106 valence electrons. The molecule has 1 aromatic carbocycles. The molecule has 1 saturated carbocycles. The highest BCUT2D eigenvalue weighted by Gasteiger charge is 2.42. The second kappa shape index (κ2) is 6.48. The van der Waals surface area contributed by atoms with E-state index >= 15 is 0 Å². The summed E-state index contributed by atoms with van der Waals surface area (Å²) in [5.74, 6) is 1.99. The van der Waals surface area contributed by atoms with E-state index in [-0.39, 0.29) is 12.2 Å². The van der Waals surface area contributed by atoms with E-state index in [1.54, 1.807) is 14.2 Å². The lowest BCUT2D eigenvalue weighted by Crippen LogP contribution is -2.52. The normalized spacial score (nSPS) is 25.6. The Hall–Kier alpha value is -0.940.